The van der Waals surface area contributed by atoms with Gasteiger partial charge in [0.25, 0.3) is 0 Å². The largest absolute Gasteiger partial charge is 0.458 e. The molecule has 0 saturated carbocycles. The zero-order valence-electron chi connectivity index (χ0n) is 23.7. The van der Waals surface area contributed by atoms with Gasteiger partial charge in [-0.15, -0.1) is 0 Å². The predicted octanol–water partition coefficient (Wildman–Crippen LogP) is 3.13. The lowest BCUT2D eigenvalue weighted by molar-refractivity contribution is -0.177. The first-order chi connectivity index (χ1) is 15.7. The van der Waals surface area contributed by atoms with Gasteiger partial charge in [-0.2, -0.15) is 0 Å². The lowest BCUT2D eigenvalue weighted by Crippen LogP contribution is -2.61. The highest BCUT2D eigenvalue weighted by Gasteiger charge is 2.50. The van der Waals surface area contributed by atoms with Crippen LogP contribution < -0.4 is 11.5 Å². The molecule has 10 nitrogen and oxygen atoms in total. The van der Waals surface area contributed by atoms with Gasteiger partial charge in [-0.1, -0.05) is 21.6 Å². The second-order valence-electron chi connectivity index (χ2n) is 12.5. The maximum Gasteiger partial charge on any atom is 0.339 e. The van der Waals surface area contributed by atoms with Gasteiger partial charge in [0.2, 0.25) is 11.1 Å². The third-order valence-corrected chi connectivity index (χ3v) is 6.23. The van der Waals surface area contributed by atoms with Crippen LogP contribution in [-0.4, -0.2) is 68.9 Å². The quantitative estimate of drug-likeness (QED) is 0.142. The highest BCUT2D eigenvalue weighted by atomic mass is 33.1. The number of ether oxygens (including phenoxy) is 4. The van der Waals surface area contributed by atoms with E-state index in [1.54, 1.807) is 83.1 Å². The molecule has 0 bridgehead atoms. The molecule has 0 aliphatic carbocycles. The molecule has 0 saturated heterocycles. The van der Waals surface area contributed by atoms with E-state index in [2.05, 4.69) is 0 Å². The van der Waals surface area contributed by atoms with E-state index in [1.807, 2.05) is 0 Å². The zero-order valence-corrected chi connectivity index (χ0v) is 25.3. The first-order valence-corrected chi connectivity index (χ1v) is 14.0. The van der Waals surface area contributed by atoms with Crippen LogP contribution in [0.4, 0.5) is 0 Å². The maximum absolute atomic E-state index is 12.9. The van der Waals surface area contributed by atoms with E-state index < -0.39 is 57.4 Å². The van der Waals surface area contributed by atoms with Gasteiger partial charge in [0.15, 0.2) is 0 Å². The molecule has 0 aromatic heterocycles. The number of esters is 4. The minimum absolute atomic E-state index is 0.278. The lowest BCUT2D eigenvalue weighted by atomic mass is 10.0. The minimum atomic E-state index is -2.15. The molecule has 0 fully saturated rings. The fourth-order valence-electron chi connectivity index (χ4n) is 2.15. The Labute approximate surface area is 223 Å². The van der Waals surface area contributed by atoms with Crippen molar-refractivity contribution in [3.05, 3.63) is 0 Å². The van der Waals surface area contributed by atoms with E-state index in [1.165, 1.54) is 0 Å². The van der Waals surface area contributed by atoms with Crippen LogP contribution in [0.2, 0.25) is 0 Å². The van der Waals surface area contributed by atoms with Crippen molar-refractivity contribution >= 4 is 45.5 Å². The summed E-state index contributed by atoms with van der Waals surface area (Å²) in [4.78, 5) is 51.5. The standard InChI is InChI=1S/C24H44N2O8S2/c1-19(2,3)31-15(27)23(25,16(28)32-20(4,5)6)13-35-36-14-24(26,17(29)33-21(7,8)9)18(30)34-22(10,11)12/h13-14,25-26H2,1-12H3. The maximum atomic E-state index is 12.9. The molecule has 0 aromatic rings. The van der Waals surface area contributed by atoms with E-state index in [4.69, 9.17) is 30.4 Å². The van der Waals surface area contributed by atoms with Gasteiger partial charge < -0.3 is 30.4 Å². The molecule has 0 radical (unpaired) electrons. The molecular formula is C24H44N2O8S2. The summed E-state index contributed by atoms with van der Waals surface area (Å²) >= 11 is 0. The number of hydrogen-bond donors (Lipinski definition) is 2. The van der Waals surface area contributed by atoms with Crippen molar-refractivity contribution in [1.29, 1.82) is 0 Å². The summed E-state index contributed by atoms with van der Waals surface area (Å²) in [7, 11) is 1.92. The Hall–Kier alpha value is -1.50. The topological polar surface area (TPSA) is 157 Å². The summed E-state index contributed by atoms with van der Waals surface area (Å²) in [6.45, 7) is 19.7. The van der Waals surface area contributed by atoms with Crippen LogP contribution in [0.1, 0.15) is 83.1 Å². The first-order valence-electron chi connectivity index (χ1n) is 11.5. The Kier molecular flexibility index (Phi) is 11.4. The summed E-state index contributed by atoms with van der Waals surface area (Å²) in [6, 6.07) is 0. The lowest BCUT2D eigenvalue weighted by Gasteiger charge is -2.33. The van der Waals surface area contributed by atoms with Crippen LogP contribution >= 0.6 is 21.6 Å². The third kappa shape index (κ3) is 12.2. The van der Waals surface area contributed by atoms with Crippen LogP contribution in [-0.2, 0) is 38.1 Å². The second-order valence-corrected chi connectivity index (χ2v) is 14.9. The molecule has 0 spiro atoms. The molecule has 0 rings (SSSR count). The first kappa shape index (κ1) is 34.5. The molecule has 0 heterocycles. The highest BCUT2D eigenvalue weighted by molar-refractivity contribution is 8.76. The van der Waals surface area contributed by atoms with Crippen LogP contribution in [0.25, 0.3) is 0 Å². The van der Waals surface area contributed by atoms with Crippen LogP contribution in [0, 0.1) is 0 Å². The monoisotopic (exact) mass is 552 g/mol. The SMILES string of the molecule is CC(C)(C)OC(=O)C(N)(CSSCC(N)(C(=O)OC(C)(C)C)C(=O)OC(C)(C)C)C(=O)OC(C)(C)C. The normalized spacial score (nSPS) is 13.6. The van der Waals surface area contributed by atoms with Crippen molar-refractivity contribution < 1.29 is 38.1 Å². The molecule has 36 heavy (non-hydrogen) atoms. The molecule has 12 heteroatoms. The van der Waals surface area contributed by atoms with Crippen LogP contribution in [0.5, 0.6) is 0 Å². The number of carbonyl (C=O) groups excluding carboxylic acids is 4. The van der Waals surface area contributed by atoms with Crippen LogP contribution in [0.3, 0.4) is 0 Å². The highest BCUT2D eigenvalue weighted by Crippen LogP contribution is 2.32. The van der Waals surface area contributed by atoms with Gasteiger partial charge in [-0.3, -0.25) is 0 Å². The van der Waals surface area contributed by atoms with E-state index in [-0.39, 0.29) is 11.5 Å². The molecule has 0 aliphatic rings. The summed E-state index contributed by atoms with van der Waals surface area (Å²) in [6.07, 6.45) is 0. The number of carbonyl (C=O) groups is 4. The molecule has 0 atom stereocenters. The van der Waals surface area contributed by atoms with Crippen molar-refractivity contribution in [2.75, 3.05) is 11.5 Å². The number of rotatable bonds is 9. The number of nitrogens with two attached hydrogens (primary N) is 2. The molecule has 0 amide bonds. The molecule has 0 aliphatic heterocycles. The Bertz CT molecular complexity index is 694. The Morgan fingerprint density at radius 2 is 0.639 bits per heavy atom. The second kappa shape index (κ2) is 11.9. The molecular weight excluding hydrogens is 508 g/mol. The molecule has 0 aromatic carbocycles. The average Bonchev–Trinajstić information content (AvgIpc) is 2.58. The minimum Gasteiger partial charge on any atom is -0.458 e. The summed E-state index contributed by atoms with van der Waals surface area (Å²) in [5.74, 6) is -4.40. The van der Waals surface area contributed by atoms with Crippen molar-refractivity contribution in [3.63, 3.8) is 0 Å². The smallest absolute Gasteiger partial charge is 0.339 e. The third-order valence-electron chi connectivity index (χ3n) is 3.71. The van der Waals surface area contributed by atoms with Gasteiger partial charge >= 0.3 is 23.9 Å². The van der Waals surface area contributed by atoms with Crippen molar-refractivity contribution in [3.8, 4) is 0 Å². The molecule has 0 unspecified atom stereocenters. The van der Waals surface area contributed by atoms with E-state index >= 15 is 0 Å². The summed E-state index contributed by atoms with van der Waals surface area (Å²) < 4.78 is 21.4. The van der Waals surface area contributed by atoms with Gasteiger partial charge in [0.05, 0.1) is 0 Å². The Morgan fingerprint density at radius 3 is 0.778 bits per heavy atom. The Balaban J connectivity index is 5.79. The van der Waals surface area contributed by atoms with Gasteiger partial charge in [0, 0.05) is 11.5 Å². The van der Waals surface area contributed by atoms with E-state index in [9.17, 15) is 19.2 Å². The van der Waals surface area contributed by atoms with E-state index in [0.717, 1.165) is 21.6 Å². The van der Waals surface area contributed by atoms with Gasteiger partial charge in [0.1, 0.15) is 22.4 Å². The van der Waals surface area contributed by atoms with Gasteiger partial charge in [-0.25, -0.2) is 19.2 Å². The fraction of sp³-hybridized carbons (Fsp3) is 0.833. The predicted molar refractivity (Wildman–Crippen MR) is 142 cm³/mol. The fourth-order valence-corrected chi connectivity index (χ4v) is 4.77. The summed E-state index contributed by atoms with van der Waals surface area (Å²) in [5, 5.41) is 0. The number of hydrogen-bond acceptors (Lipinski definition) is 12. The van der Waals surface area contributed by atoms with Crippen molar-refractivity contribution in [2.24, 2.45) is 11.5 Å². The van der Waals surface area contributed by atoms with Crippen molar-refractivity contribution in [2.45, 2.75) is 117 Å². The molecule has 210 valence electrons. The van der Waals surface area contributed by atoms with Gasteiger partial charge in [-0.05, 0) is 83.1 Å². The Morgan fingerprint density at radius 1 is 0.472 bits per heavy atom. The van der Waals surface area contributed by atoms with Crippen molar-refractivity contribution in [1.82, 2.24) is 0 Å². The average molecular weight is 553 g/mol. The van der Waals surface area contributed by atoms with E-state index in [0.29, 0.717) is 0 Å². The summed E-state index contributed by atoms with van der Waals surface area (Å²) in [5.41, 5.74) is 4.58. The zero-order chi connectivity index (χ0) is 29.0. The van der Waals surface area contributed by atoms with Crippen LogP contribution in [0.15, 0.2) is 0 Å². The molecule has 4 N–H and O–H groups in total.